The number of aromatic carboxylic acids is 1. The summed E-state index contributed by atoms with van der Waals surface area (Å²) < 4.78 is 18.4. The Balaban J connectivity index is 1.26. The normalized spacial score (nSPS) is 15.6. The SMILES string of the molecule is COc1cc(CC(=O)N2[C@H](COCc3ccccc3)CC[C@H]2COc2ccc(C(=O)O)cc2)ccc1NC(=O)Nc1ccccc1Br. The first-order valence-corrected chi connectivity index (χ1v) is 16.0. The smallest absolute Gasteiger partial charge is 0.335 e. The summed E-state index contributed by atoms with van der Waals surface area (Å²) in [6.45, 7) is 1.08. The Morgan fingerprint density at radius 3 is 2.21 bits per heavy atom. The average molecular weight is 703 g/mol. The first kappa shape index (κ1) is 33.5. The second-order valence-electron chi connectivity index (χ2n) is 11.1. The van der Waals surface area contributed by atoms with Crippen LogP contribution in [0, 0.1) is 0 Å². The minimum Gasteiger partial charge on any atom is -0.495 e. The van der Waals surface area contributed by atoms with Crippen molar-refractivity contribution >= 4 is 45.2 Å². The van der Waals surface area contributed by atoms with Crippen molar-refractivity contribution in [2.75, 3.05) is 31.0 Å². The van der Waals surface area contributed by atoms with Gasteiger partial charge in [-0.3, -0.25) is 4.79 Å². The summed E-state index contributed by atoms with van der Waals surface area (Å²) in [5.41, 5.74) is 3.03. The third kappa shape index (κ3) is 9.11. The summed E-state index contributed by atoms with van der Waals surface area (Å²) in [5, 5.41) is 14.8. The Morgan fingerprint density at radius 2 is 1.51 bits per heavy atom. The second-order valence-corrected chi connectivity index (χ2v) is 12.0. The van der Waals surface area contributed by atoms with Gasteiger partial charge in [0.05, 0.1) is 55.8 Å². The van der Waals surface area contributed by atoms with Crippen LogP contribution in [-0.4, -0.2) is 60.3 Å². The lowest BCUT2D eigenvalue weighted by molar-refractivity contribution is -0.135. The van der Waals surface area contributed by atoms with Crippen LogP contribution in [0.5, 0.6) is 11.5 Å². The van der Waals surface area contributed by atoms with Gasteiger partial charge in [-0.15, -0.1) is 0 Å². The van der Waals surface area contributed by atoms with Gasteiger partial charge in [0.2, 0.25) is 5.91 Å². The highest BCUT2D eigenvalue weighted by Crippen LogP contribution is 2.30. The molecule has 0 radical (unpaired) electrons. The van der Waals surface area contributed by atoms with E-state index in [1.807, 2.05) is 53.4 Å². The number of nitrogens with zero attached hydrogens (tertiary/aromatic N) is 1. The predicted octanol–water partition coefficient (Wildman–Crippen LogP) is 7.00. The van der Waals surface area contributed by atoms with Gasteiger partial charge in [0.15, 0.2) is 0 Å². The molecule has 1 heterocycles. The maximum absolute atomic E-state index is 13.9. The maximum atomic E-state index is 13.9. The summed E-state index contributed by atoms with van der Waals surface area (Å²) in [4.78, 5) is 39.7. The quantitative estimate of drug-likeness (QED) is 0.137. The van der Waals surface area contributed by atoms with Crippen molar-refractivity contribution < 1.29 is 33.7 Å². The molecular formula is C36H36BrN3O7. The summed E-state index contributed by atoms with van der Waals surface area (Å²) in [5.74, 6) is -0.138. The van der Waals surface area contributed by atoms with E-state index in [0.717, 1.165) is 28.4 Å². The highest BCUT2D eigenvalue weighted by Gasteiger charge is 2.37. The van der Waals surface area contributed by atoms with Crippen molar-refractivity contribution in [1.29, 1.82) is 0 Å². The van der Waals surface area contributed by atoms with Crippen LogP contribution in [0.1, 0.15) is 34.3 Å². The number of amides is 3. The molecule has 0 aromatic heterocycles. The van der Waals surface area contributed by atoms with Crippen LogP contribution in [0.25, 0.3) is 0 Å². The number of benzene rings is 4. The van der Waals surface area contributed by atoms with E-state index < -0.39 is 12.0 Å². The van der Waals surface area contributed by atoms with Gasteiger partial charge in [0.1, 0.15) is 18.1 Å². The number of para-hydroxylation sites is 1. The molecule has 0 bridgehead atoms. The van der Waals surface area contributed by atoms with E-state index in [4.69, 9.17) is 14.2 Å². The molecule has 0 unspecified atom stereocenters. The van der Waals surface area contributed by atoms with Crippen molar-refractivity contribution in [3.8, 4) is 11.5 Å². The summed E-state index contributed by atoms with van der Waals surface area (Å²) in [7, 11) is 1.51. The molecule has 4 aromatic rings. The first-order chi connectivity index (χ1) is 22.8. The van der Waals surface area contributed by atoms with Gasteiger partial charge in [0, 0.05) is 4.47 Å². The molecule has 47 heavy (non-hydrogen) atoms. The van der Waals surface area contributed by atoms with Gasteiger partial charge in [-0.05, 0) is 88.4 Å². The first-order valence-electron chi connectivity index (χ1n) is 15.2. The highest BCUT2D eigenvalue weighted by molar-refractivity contribution is 9.10. The summed E-state index contributed by atoms with van der Waals surface area (Å²) >= 11 is 3.42. The summed E-state index contributed by atoms with van der Waals surface area (Å²) in [6, 6.07) is 27.9. The lowest BCUT2D eigenvalue weighted by Crippen LogP contribution is -2.46. The van der Waals surface area contributed by atoms with Crippen molar-refractivity contribution in [1.82, 2.24) is 4.90 Å². The van der Waals surface area contributed by atoms with Crippen LogP contribution in [0.2, 0.25) is 0 Å². The molecule has 0 saturated carbocycles. The molecule has 5 rings (SSSR count). The molecule has 1 fully saturated rings. The zero-order valence-corrected chi connectivity index (χ0v) is 27.4. The van der Waals surface area contributed by atoms with Crippen LogP contribution < -0.4 is 20.1 Å². The number of likely N-dealkylation sites (tertiary alicyclic amines) is 1. The standard InChI is InChI=1S/C36H36BrN3O7/c1-45-33-19-25(11-18-32(33)39-36(44)38-31-10-6-5-9-30(31)37)20-34(41)40-27(22-46-21-24-7-3-2-4-8-24)14-15-28(40)23-47-29-16-12-26(13-17-29)35(42)43/h2-13,16-19,27-28H,14-15,20-23H2,1H3,(H,42,43)(H2,38,39,44)/t27-,28-/m0/s1. The number of methoxy groups -OCH3 is 1. The zero-order chi connectivity index (χ0) is 33.2. The van der Waals surface area contributed by atoms with Crippen LogP contribution in [0.4, 0.5) is 16.2 Å². The molecule has 244 valence electrons. The number of anilines is 2. The van der Waals surface area contributed by atoms with E-state index in [0.29, 0.717) is 36.1 Å². The Morgan fingerprint density at radius 1 is 0.830 bits per heavy atom. The molecular weight excluding hydrogens is 666 g/mol. The fourth-order valence-corrected chi connectivity index (χ4v) is 5.91. The number of hydrogen-bond acceptors (Lipinski definition) is 6. The molecule has 1 aliphatic heterocycles. The Hall–Kier alpha value is -4.87. The number of carboxylic acid groups (broad SMARTS) is 1. The molecule has 0 aliphatic carbocycles. The highest BCUT2D eigenvalue weighted by atomic mass is 79.9. The topological polar surface area (TPSA) is 126 Å². The number of carbonyl (C=O) groups excluding carboxylic acids is 2. The van der Waals surface area contributed by atoms with Crippen molar-refractivity contribution in [2.24, 2.45) is 0 Å². The number of urea groups is 1. The van der Waals surface area contributed by atoms with Crippen molar-refractivity contribution in [3.63, 3.8) is 0 Å². The number of ether oxygens (including phenoxy) is 3. The minimum absolute atomic E-state index is 0.0833. The third-order valence-electron chi connectivity index (χ3n) is 7.86. The fraction of sp³-hybridized carbons (Fsp3) is 0.250. The minimum atomic E-state index is -1.01. The Kier molecular flexibility index (Phi) is 11.5. The maximum Gasteiger partial charge on any atom is 0.335 e. The monoisotopic (exact) mass is 701 g/mol. The lowest BCUT2D eigenvalue weighted by Gasteiger charge is -2.30. The molecule has 4 aromatic carbocycles. The van der Waals surface area contributed by atoms with E-state index in [9.17, 15) is 19.5 Å². The fourth-order valence-electron chi connectivity index (χ4n) is 5.52. The lowest BCUT2D eigenvalue weighted by atomic mass is 10.1. The molecule has 3 amide bonds. The number of hydrogen-bond donors (Lipinski definition) is 3. The number of rotatable bonds is 13. The van der Waals surface area contributed by atoms with Gasteiger partial charge in [-0.25, -0.2) is 9.59 Å². The van der Waals surface area contributed by atoms with E-state index in [1.54, 1.807) is 36.4 Å². The Labute approximate surface area is 281 Å². The van der Waals surface area contributed by atoms with E-state index in [2.05, 4.69) is 26.6 Å². The van der Waals surface area contributed by atoms with Gasteiger partial charge in [-0.2, -0.15) is 0 Å². The predicted molar refractivity (Wildman–Crippen MR) is 182 cm³/mol. The van der Waals surface area contributed by atoms with Crippen molar-refractivity contribution in [2.45, 2.75) is 38.0 Å². The van der Waals surface area contributed by atoms with Gasteiger partial charge >= 0.3 is 12.0 Å². The number of halogens is 1. The van der Waals surface area contributed by atoms with Crippen LogP contribution in [0.3, 0.4) is 0 Å². The van der Waals surface area contributed by atoms with E-state index >= 15 is 0 Å². The molecule has 2 atom stereocenters. The van der Waals surface area contributed by atoms with Crippen molar-refractivity contribution in [3.05, 3.63) is 118 Å². The molecule has 3 N–H and O–H groups in total. The van der Waals surface area contributed by atoms with Gasteiger partial charge in [-0.1, -0.05) is 48.5 Å². The number of nitrogens with one attached hydrogen (secondary N) is 2. The molecule has 1 saturated heterocycles. The largest absolute Gasteiger partial charge is 0.495 e. The number of carboxylic acids is 1. The van der Waals surface area contributed by atoms with Crippen LogP contribution >= 0.6 is 15.9 Å². The molecule has 0 spiro atoms. The molecule has 1 aliphatic rings. The second kappa shape index (κ2) is 16.1. The molecule has 11 heteroatoms. The molecule has 10 nitrogen and oxygen atoms in total. The summed E-state index contributed by atoms with van der Waals surface area (Å²) in [6.07, 6.45) is 1.60. The van der Waals surface area contributed by atoms with Crippen LogP contribution in [-0.2, 0) is 22.6 Å². The Bertz CT molecular complexity index is 1680. The van der Waals surface area contributed by atoms with Gasteiger partial charge in [0.25, 0.3) is 0 Å². The average Bonchev–Trinajstić information content (AvgIpc) is 3.49. The zero-order valence-electron chi connectivity index (χ0n) is 25.9. The van der Waals surface area contributed by atoms with E-state index in [1.165, 1.54) is 19.2 Å². The third-order valence-corrected chi connectivity index (χ3v) is 8.56. The van der Waals surface area contributed by atoms with Gasteiger partial charge < -0.3 is 34.9 Å². The van der Waals surface area contributed by atoms with E-state index in [-0.39, 0.29) is 36.6 Å². The van der Waals surface area contributed by atoms with Crippen LogP contribution in [0.15, 0.2) is 102 Å². The number of carbonyl (C=O) groups is 3.